The number of terminal acetylenes is 1. The molecule has 2 rings (SSSR count). The van der Waals surface area contributed by atoms with Gasteiger partial charge in [0.15, 0.2) is 0 Å². The van der Waals surface area contributed by atoms with Crippen molar-refractivity contribution in [1.82, 2.24) is 0 Å². The molecule has 0 amide bonds. The van der Waals surface area contributed by atoms with E-state index in [2.05, 4.69) is 44.7 Å². The molecule has 2 heterocycles. The molecule has 0 aromatic carbocycles. The Kier molecular flexibility index (Phi) is 5.95. The van der Waals surface area contributed by atoms with Crippen molar-refractivity contribution in [2.75, 3.05) is 0 Å². The van der Waals surface area contributed by atoms with Crippen LogP contribution in [0.25, 0.3) is 0 Å². The van der Waals surface area contributed by atoms with Crippen molar-refractivity contribution in [2.45, 2.75) is 66.7 Å². The van der Waals surface area contributed by atoms with Crippen LogP contribution in [0.2, 0.25) is 0 Å². The van der Waals surface area contributed by atoms with Crippen molar-refractivity contribution < 1.29 is 9.47 Å². The highest BCUT2D eigenvalue weighted by Gasteiger charge is 2.43. The summed E-state index contributed by atoms with van der Waals surface area (Å²) in [5.41, 5.74) is 0. The molecule has 0 N–H and O–H groups in total. The minimum Gasteiger partial charge on any atom is -0.371 e. The van der Waals surface area contributed by atoms with E-state index < -0.39 is 0 Å². The van der Waals surface area contributed by atoms with Gasteiger partial charge in [-0.15, -0.1) is 6.42 Å². The van der Waals surface area contributed by atoms with Gasteiger partial charge >= 0.3 is 0 Å². The van der Waals surface area contributed by atoms with Gasteiger partial charge in [-0.3, -0.25) is 0 Å². The predicted molar refractivity (Wildman–Crippen MR) is 84.9 cm³/mol. The van der Waals surface area contributed by atoms with Crippen molar-refractivity contribution in [2.24, 2.45) is 0 Å². The third kappa shape index (κ3) is 3.85. The SMILES string of the molecule is C#CC=CC[C@@H]1O[C@H]([C@H]2C[C@H](Br)[C@@H](CC)O2)C[C@H]1Br. The lowest BCUT2D eigenvalue weighted by atomic mass is 10.1. The zero-order valence-electron chi connectivity index (χ0n) is 11.1. The molecule has 2 saturated heterocycles. The summed E-state index contributed by atoms with van der Waals surface area (Å²) in [6, 6.07) is 0. The molecular weight excluding hydrogens is 372 g/mol. The van der Waals surface area contributed by atoms with Gasteiger partial charge < -0.3 is 9.47 Å². The van der Waals surface area contributed by atoms with Gasteiger partial charge in [-0.25, -0.2) is 0 Å². The van der Waals surface area contributed by atoms with E-state index in [1.807, 2.05) is 6.08 Å². The second kappa shape index (κ2) is 7.26. The summed E-state index contributed by atoms with van der Waals surface area (Å²) >= 11 is 7.42. The van der Waals surface area contributed by atoms with Gasteiger partial charge in [-0.2, -0.15) is 0 Å². The van der Waals surface area contributed by atoms with Crippen molar-refractivity contribution >= 4 is 31.9 Å². The molecule has 0 aromatic rings. The van der Waals surface area contributed by atoms with Crippen LogP contribution in [-0.2, 0) is 9.47 Å². The van der Waals surface area contributed by atoms with Gasteiger partial charge in [0, 0.05) is 9.65 Å². The Morgan fingerprint density at radius 1 is 1.16 bits per heavy atom. The normalized spacial score (nSPS) is 42.8. The van der Waals surface area contributed by atoms with Crippen LogP contribution in [0.3, 0.4) is 0 Å². The number of ether oxygens (including phenoxy) is 2. The van der Waals surface area contributed by atoms with Crippen LogP contribution in [0.1, 0.15) is 32.6 Å². The Morgan fingerprint density at radius 2 is 1.74 bits per heavy atom. The highest BCUT2D eigenvalue weighted by Crippen LogP contribution is 2.38. The summed E-state index contributed by atoms with van der Waals surface area (Å²) in [7, 11) is 0. The van der Waals surface area contributed by atoms with Crippen LogP contribution >= 0.6 is 31.9 Å². The molecule has 0 radical (unpaired) electrons. The molecule has 19 heavy (non-hydrogen) atoms. The monoisotopic (exact) mass is 390 g/mol. The van der Waals surface area contributed by atoms with Crippen LogP contribution in [-0.4, -0.2) is 34.1 Å². The smallest absolute Gasteiger partial charge is 0.0853 e. The lowest BCUT2D eigenvalue weighted by Gasteiger charge is -2.19. The topological polar surface area (TPSA) is 18.5 Å². The second-order valence-electron chi connectivity index (χ2n) is 5.14. The Hall–Kier alpha value is 0.180. The minimum absolute atomic E-state index is 0.199. The Bertz CT molecular complexity index is 364. The van der Waals surface area contributed by atoms with E-state index in [0.29, 0.717) is 15.8 Å². The van der Waals surface area contributed by atoms with E-state index >= 15 is 0 Å². The zero-order valence-corrected chi connectivity index (χ0v) is 14.3. The van der Waals surface area contributed by atoms with Gasteiger partial charge in [0.05, 0.1) is 24.4 Å². The lowest BCUT2D eigenvalue weighted by molar-refractivity contribution is -0.0640. The molecule has 0 aliphatic carbocycles. The van der Waals surface area contributed by atoms with Gasteiger partial charge in [-0.05, 0) is 31.8 Å². The van der Waals surface area contributed by atoms with Crippen molar-refractivity contribution in [3.8, 4) is 12.3 Å². The molecule has 4 heteroatoms. The third-order valence-electron chi connectivity index (χ3n) is 3.82. The first kappa shape index (κ1) is 15.6. The molecule has 6 atom stereocenters. The minimum atomic E-state index is 0.199. The average molecular weight is 392 g/mol. The molecule has 2 aliphatic heterocycles. The number of rotatable bonds is 4. The molecule has 0 bridgehead atoms. The summed E-state index contributed by atoms with van der Waals surface area (Å²) in [5, 5.41) is 0. The fraction of sp³-hybridized carbons (Fsp3) is 0.733. The first-order valence-corrected chi connectivity index (χ1v) is 8.69. The largest absolute Gasteiger partial charge is 0.371 e. The number of alkyl halides is 2. The molecule has 106 valence electrons. The summed E-state index contributed by atoms with van der Waals surface area (Å²) in [4.78, 5) is 0.846. The van der Waals surface area contributed by atoms with Crippen LogP contribution < -0.4 is 0 Å². The van der Waals surface area contributed by atoms with Crippen LogP contribution in [0.5, 0.6) is 0 Å². The Balaban J connectivity index is 1.87. The second-order valence-corrected chi connectivity index (χ2v) is 7.49. The maximum absolute atomic E-state index is 6.13. The van der Waals surface area contributed by atoms with E-state index in [9.17, 15) is 0 Å². The maximum Gasteiger partial charge on any atom is 0.0853 e. The summed E-state index contributed by atoms with van der Waals surface area (Å²) in [6.45, 7) is 2.16. The Morgan fingerprint density at radius 3 is 2.26 bits per heavy atom. The third-order valence-corrected chi connectivity index (χ3v) is 5.75. The summed E-state index contributed by atoms with van der Waals surface area (Å²) in [5.74, 6) is 2.51. The molecule has 0 aromatic heterocycles. The number of hydrogen-bond acceptors (Lipinski definition) is 2. The molecule has 2 nitrogen and oxygen atoms in total. The molecule has 2 fully saturated rings. The van der Waals surface area contributed by atoms with Crippen LogP contribution in [0.15, 0.2) is 12.2 Å². The first-order valence-electron chi connectivity index (χ1n) is 6.85. The maximum atomic E-state index is 6.13. The lowest BCUT2D eigenvalue weighted by Crippen LogP contribution is -2.26. The molecule has 0 unspecified atom stereocenters. The van der Waals surface area contributed by atoms with Gasteiger partial charge in [0.2, 0.25) is 0 Å². The first-order chi connectivity index (χ1) is 9.15. The van der Waals surface area contributed by atoms with Crippen LogP contribution in [0, 0.1) is 12.3 Å². The average Bonchev–Trinajstić information content (AvgIpc) is 2.93. The summed E-state index contributed by atoms with van der Waals surface area (Å²) in [6.07, 6.45) is 13.8. The van der Waals surface area contributed by atoms with E-state index in [1.54, 1.807) is 6.08 Å². The van der Waals surface area contributed by atoms with Gasteiger partial charge in [0.1, 0.15) is 0 Å². The number of halogens is 2. The highest BCUT2D eigenvalue weighted by atomic mass is 79.9. The quantitative estimate of drug-likeness (QED) is 0.535. The van der Waals surface area contributed by atoms with Gasteiger partial charge in [-0.1, -0.05) is 50.8 Å². The van der Waals surface area contributed by atoms with Crippen molar-refractivity contribution in [3.05, 3.63) is 12.2 Å². The molecule has 0 saturated carbocycles. The molecular formula is C15H20Br2O2. The molecule has 0 spiro atoms. The van der Waals surface area contributed by atoms with E-state index in [4.69, 9.17) is 15.9 Å². The van der Waals surface area contributed by atoms with Crippen molar-refractivity contribution in [1.29, 1.82) is 0 Å². The van der Waals surface area contributed by atoms with E-state index in [1.165, 1.54) is 0 Å². The number of hydrogen-bond donors (Lipinski definition) is 0. The fourth-order valence-corrected chi connectivity index (χ4v) is 4.36. The zero-order chi connectivity index (χ0) is 13.8. The highest BCUT2D eigenvalue weighted by molar-refractivity contribution is 9.09. The fourth-order valence-electron chi connectivity index (χ4n) is 2.78. The Labute approximate surface area is 132 Å². The summed E-state index contributed by atoms with van der Waals surface area (Å²) < 4.78 is 12.2. The van der Waals surface area contributed by atoms with Crippen LogP contribution in [0.4, 0.5) is 0 Å². The predicted octanol–water partition coefficient (Wildman–Crippen LogP) is 3.82. The van der Waals surface area contributed by atoms with E-state index in [0.717, 1.165) is 25.7 Å². The standard InChI is InChI=1S/C15H20Br2O2/c1-3-5-6-7-13-11(17)9-15(19-13)14-8-10(16)12(4-2)18-14/h1,5-6,10-15H,4,7-9H2,2H3/t10-,11+,12+,13-,14+,15-/m0/s1. The molecule has 2 aliphatic rings. The van der Waals surface area contributed by atoms with Crippen molar-refractivity contribution in [3.63, 3.8) is 0 Å². The number of allylic oxidation sites excluding steroid dienone is 1. The van der Waals surface area contributed by atoms with Gasteiger partial charge in [0.25, 0.3) is 0 Å². The van der Waals surface area contributed by atoms with E-state index in [-0.39, 0.29) is 18.3 Å².